The topological polar surface area (TPSA) is 26.5 Å². The fourth-order valence-corrected chi connectivity index (χ4v) is 0.431. The fraction of sp³-hybridized carbons (Fsp3) is 0.714. The van der Waals surface area contributed by atoms with Gasteiger partial charge in [-0.1, -0.05) is 26.7 Å². The van der Waals surface area contributed by atoms with Crippen molar-refractivity contribution in [2.45, 2.75) is 26.8 Å². The Morgan fingerprint density at radius 1 is 1.40 bits per heavy atom. The summed E-state index contributed by atoms with van der Waals surface area (Å²) in [6.45, 7) is 5.98. The van der Waals surface area contributed by atoms with Gasteiger partial charge in [0.25, 0.3) is 0 Å². The fourth-order valence-electron chi connectivity index (χ4n) is 0.431. The molecule has 0 heterocycles. The predicted molar refractivity (Wildman–Crippen MR) is 43.9 cm³/mol. The first-order valence-corrected chi connectivity index (χ1v) is 2.81. The van der Waals surface area contributed by atoms with Crippen LogP contribution in [0.2, 0.25) is 0 Å². The number of amidine groups is 1. The average molecular weight is 187 g/mol. The van der Waals surface area contributed by atoms with Crippen LogP contribution in [0.3, 0.4) is 0 Å². The summed E-state index contributed by atoms with van der Waals surface area (Å²) in [6.07, 6.45) is 0. The molecule has 0 fully saturated rings. The van der Waals surface area contributed by atoms with E-state index in [2.05, 4.69) is 10.3 Å². The van der Waals surface area contributed by atoms with E-state index in [1.54, 1.807) is 7.05 Å². The van der Waals surface area contributed by atoms with E-state index >= 15 is 0 Å². The maximum absolute atomic E-state index is 4.15. The van der Waals surface area contributed by atoms with E-state index in [4.69, 9.17) is 0 Å². The van der Waals surface area contributed by atoms with Crippen LogP contribution in [0.15, 0.2) is 4.99 Å². The third-order valence-corrected chi connectivity index (χ3v) is 0.769. The quantitative estimate of drug-likeness (QED) is 0.260. The molecule has 0 aliphatic rings. The van der Waals surface area contributed by atoms with Gasteiger partial charge in [0.2, 0.25) is 0 Å². The summed E-state index contributed by atoms with van der Waals surface area (Å²) in [6, 6.07) is 0.374. The summed E-state index contributed by atoms with van der Waals surface area (Å²) >= 11 is 0. The second-order valence-corrected chi connectivity index (χ2v) is 1.99. The Hall–Kier alpha value is -0.0365. The van der Waals surface area contributed by atoms with E-state index in [-0.39, 0.29) is 23.9 Å². The molecule has 0 aromatic rings. The van der Waals surface area contributed by atoms with E-state index in [1.807, 2.05) is 20.8 Å². The minimum absolute atomic E-state index is 0. The van der Waals surface area contributed by atoms with Gasteiger partial charge in [-0.2, -0.15) is 0 Å². The third-order valence-electron chi connectivity index (χ3n) is 0.769. The van der Waals surface area contributed by atoms with Gasteiger partial charge < -0.3 is 17.7 Å². The first-order chi connectivity index (χ1) is 3.66. The summed E-state index contributed by atoms with van der Waals surface area (Å²) in [4.78, 5) is 4.15. The molecular weight excluding hydrogens is 171 g/mol. The Morgan fingerprint density at radius 2 is 1.80 bits per heavy atom. The SMILES string of the molecule is C[N-]C(C)=NC(C)C.[CH3-].[Ni+2]. The van der Waals surface area contributed by atoms with Gasteiger partial charge in [0, 0.05) is 0 Å². The van der Waals surface area contributed by atoms with Gasteiger partial charge >= 0.3 is 16.5 Å². The van der Waals surface area contributed by atoms with Crippen LogP contribution in [0.1, 0.15) is 20.8 Å². The second kappa shape index (κ2) is 8.96. The maximum Gasteiger partial charge on any atom is 2.00 e. The number of nitrogens with zero attached hydrogens (tertiary/aromatic N) is 2. The van der Waals surface area contributed by atoms with E-state index in [0.717, 1.165) is 5.84 Å². The molecule has 0 unspecified atom stereocenters. The molecular formula is C7H16N2Ni. The predicted octanol–water partition coefficient (Wildman–Crippen LogP) is 2.26. The minimum atomic E-state index is 0. The van der Waals surface area contributed by atoms with E-state index in [0.29, 0.717) is 6.04 Å². The molecule has 64 valence electrons. The van der Waals surface area contributed by atoms with Crippen molar-refractivity contribution in [1.82, 2.24) is 0 Å². The zero-order chi connectivity index (χ0) is 6.57. The molecule has 2 nitrogen and oxygen atoms in total. The van der Waals surface area contributed by atoms with Crippen molar-refractivity contribution in [1.29, 1.82) is 0 Å². The summed E-state index contributed by atoms with van der Waals surface area (Å²) in [5.41, 5.74) is 0. The molecule has 10 heavy (non-hydrogen) atoms. The van der Waals surface area contributed by atoms with Crippen molar-refractivity contribution in [3.05, 3.63) is 12.7 Å². The van der Waals surface area contributed by atoms with Crippen molar-refractivity contribution in [2.24, 2.45) is 4.99 Å². The molecule has 0 spiro atoms. The van der Waals surface area contributed by atoms with Gasteiger partial charge in [0.1, 0.15) is 0 Å². The van der Waals surface area contributed by atoms with Gasteiger partial charge in [-0.05, 0) is 13.0 Å². The van der Waals surface area contributed by atoms with Gasteiger partial charge in [0.15, 0.2) is 0 Å². The Bertz CT molecular complexity index is 89.6. The maximum atomic E-state index is 4.15. The number of hydrogen-bond donors (Lipinski definition) is 0. The summed E-state index contributed by atoms with van der Waals surface area (Å²) in [7, 11) is 1.75. The first kappa shape index (κ1) is 16.5. The second-order valence-electron chi connectivity index (χ2n) is 1.99. The molecule has 0 aromatic heterocycles. The Labute approximate surface area is 74.4 Å². The number of rotatable bonds is 1. The van der Waals surface area contributed by atoms with Crippen molar-refractivity contribution in [3.63, 3.8) is 0 Å². The normalized spacial score (nSPS) is 9.90. The summed E-state index contributed by atoms with van der Waals surface area (Å²) < 4.78 is 0. The minimum Gasteiger partial charge on any atom is -0.473 e. The Balaban J connectivity index is -0.000000245. The van der Waals surface area contributed by atoms with Crippen LogP contribution in [0.4, 0.5) is 0 Å². The molecule has 0 atom stereocenters. The van der Waals surface area contributed by atoms with Crippen LogP contribution >= 0.6 is 0 Å². The standard InChI is InChI=1S/C6H13N2.CH3.Ni/c1-5(2)8-6(3)7-4;;/h5H,1-4H3;1H3;/q2*-1;+2. The molecule has 0 N–H and O–H groups in total. The zero-order valence-electron chi connectivity index (χ0n) is 7.29. The zero-order valence-corrected chi connectivity index (χ0v) is 8.28. The summed E-state index contributed by atoms with van der Waals surface area (Å²) in [5.74, 6) is 0.875. The molecule has 0 saturated heterocycles. The van der Waals surface area contributed by atoms with E-state index < -0.39 is 0 Å². The van der Waals surface area contributed by atoms with E-state index in [9.17, 15) is 0 Å². The smallest absolute Gasteiger partial charge is 0.473 e. The van der Waals surface area contributed by atoms with Gasteiger partial charge in [-0.3, -0.25) is 0 Å². The van der Waals surface area contributed by atoms with Crippen LogP contribution in [-0.2, 0) is 16.5 Å². The number of hydrogen-bond acceptors (Lipinski definition) is 1. The van der Waals surface area contributed by atoms with Crippen molar-refractivity contribution in [3.8, 4) is 0 Å². The van der Waals surface area contributed by atoms with Crippen molar-refractivity contribution >= 4 is 5.84 Å². The third kappa shape index (κ3) is 10.9. The van der Waals surface area contributed by atoms with Crippen LogP contribution in [-0.4, -0.2) is 18.9 Å². The largest absolute Gasteiger partial charge is 2.00 e. The van der Waals surface area contributed by atoms with Gasteiger partial charge in [0.05, 0.1) is 0 Å². The molecule has 3 heteroatoms. The molecule has 0 amide bonds. The molecule has 0 aromatic carbocycles. The molecule has 0 saturated carbocycles. The number of aliphatic imine (C=N–C) groups is 1. The summed E-state index contributed by atoms with van der Waals surface area (Å²) in [5, 5.41) is 3.88. The Morgan fingerprint density at radius 3 is 1.90 bits per heavy atom. The van der Waals surface area contributed by atoms with Crippen molar-refractivity contribution in [2.75, 3.05) is 7.05 Å². The molecule has 0 radical (unpaired) electrons. The molecule has 0 bridgehead atoms. The van der Waals surface area contributed by atoms with Gasteiger partial charge in [-0.15, -0.1) is 0 Å². The van der Waals surface area contributed by atoms with Crippen LogP contribution in [0.5, 0.6) is 0 Å². The van der Waals surface area contributed by atoms with Crippen LogP contribution in [0.25, 0.3) is 5.32 Å². The van der Waals surface area contributed by atoms with E-state index in [1.165, 1.54) is 0 Å². The van der Waals surface area contributed by atoms with Gasteiger partial charge in [-0.25, -0.2) is 0 Å². The monoisotopic (exact) mass is 186 g/mol. The first-order valence-electron chi connectivity index (χ1n) is 2.81. The molecule has 0 aliphatic heterocycles. The van der Waals surface area contributed by atoms with Crippen LogP contribution < -0.4 is 0 Å². The van der Waals surface area contributed by atoms with Crippen LogP contribution in [0, 0.1) is 7.43 Å². The average Bonchev–Trinajstić information content (AvgIpc) is 1.65. The van der Waals surface area contributed by atoms with Crippen molar-refractivity contribution < 1.29 is 16.5 Å². The molecule has 0 aliphatic carbocycles. The Kier molecular flexibility index (Phi) is 14.8. The molecule has 0 rings (SSSR count).